The molecule has 5 nitrogen and oxygen atoms in total. The average molecular weight is 318 g/mol. The minimum absolute atomic E-state index is 0.180. The average Bonchev–Trinajstić information content (AvgIpc) is 2.93. The van der Waals surface area contributed by atoms with E-state index < -0.39 is 0 Å². The van der Waals surface area contributed by atoms with Crippen molar-refractivity contribution in [3.63, 3.8) is 0 Å². The first-order chi connectivity index (χ1) is 10.9. The first kappa shape index (κ1) is 15.4. The highest BCUT2D eigenvalue weighted by Crippen LogP contribution is 2.20. The molecule has 3 heterocycles. The molecular formula is C16H22N4OS. The fraction of sp³-hybridized carbons (Fsp3) is 0.500. The van der Waals surface area contributed by atoms with Gasteiger partial charge in [0, 0.05) is 42.5 Å². The third kappa shape index (κ3) is 3.82. The van der Waals surface area contributed by atoms with Gasteiger partial charge in [-0.2, -0.15) is 0 Å². The number of thiophene rings is 1. The molecule has 0 bridgehead atoms. The van der Waals surface area contributed by atoms with Gasteiger partial charge in [-0.25, -0.2) is 9.97 Å². The molecule has 1 unspecified atom stereocenters. The zero-order chi connectivity index (χ0) is 15.2. The van der Waals surface area contributed by atoms with Crippen molar-refractivity contribution in [1.82, 2.24) is 15.3 Å². The molecule has 3 N–H and O–H groups in total. The second-order valence-corrected chi connectivity index (χ2v) is 6.64. The van der Waals surface area contributed by atoms with E-state index in [0.29, 0.717) is 0 Å². The normalized spacial score (nSPS) is 15.9. The number of hydrogen-bond acceptors (Lipinski definition) is 6. The van der Waals surface area contributed by atoms with Crippen LogP contribution in [0.25, 0.3) is 0 Å². The Hall–Kier alpha value is -1.50. The molecule has 22 heavy (non-hydrogen) atoms. The van der Waals surface area contributed by atoms with Gasteiger partial charge >= 0.3 is 0 Å². The Kier molecular flexibility index (Phi) is 5.37. The summed E-state index contributed by atoms with van der Waals surface area (Å²) < 4.78 is 0. The van der Waals surface area contributed by atoms with Crippen LogP contribution in [0, 0.1) is 5.92 Å². The zero-order valence-electron chi connectivity index (χ0n) is 12.6. The van der Waals surface area contributed by atoms with E-state index in [2.05, 4.69) is 38.1 Å². The van der Waals surface area contributed by atoms with Crippen LogP contribution in [0.2, 0.25) is 0 Å². The minimum atomic E-state index is 0.180. The molecule has 0 fully saturated rings. The van der Waals surface area contributed by atoms with Crippen molar-refractivity contribution in [2.24, 2.45) is 5.92 Å². The van der Waals surface area contributed by atoms with Crippen LogP contribution in [-0.4, -0.2) is 41.3 Å². The molecule has 0 aromatic carbocycles. The van der Waals surface area contributed by atoms with Crippen molar-refractivity contribution < 1.29 is 5.11 Å². The Morgan fingerprint density at radius 1 is 1.32 bits per heavy atom. The van der Waals surface area contributed by atoms with Gasteiger partial charge in [0.1, 0.15) is 12.1 Å². The predicted octanol–water partition coefficient (Wildman–Crippen LogP) is 1.49. The summed E-state index contributed by atoms with van der Waals surface area (Å²) in [6.45, 7) is 2.85. The maximum atomic E-state index is 9.61. The maximum absolute atomic E-state index is 9.61. The molecule has 1 aliphatic rings. The fourth-order valence-electron chi connectivity index (χ4n) is 2.78. The summed E-state index contributed by atoms with van der Waals surface area (Å²) in [5.74, 6) is 1.13. The van der Waals surface area contributed by atoms with Crippen LogP contribution in [-0.2, 0) is 19.3 Å². The third-order valence-electron chi connectivity index (χ3n) is 4.01. The van der Waals surface area contributed by atoms with E-state index in [1.807, 2.05) is 0 Å². The van der Waals surface area contributed by atoms with Crippen molar-refractivity contribution in [1.29, 1.82) is 0 Å². The summed E-state index contributed by atoms with van der Waals surface area (Å²) in [5, 5.41) is 18.5. The lowest BCUT2D eigenvalue weighted by Crippen LogP contribution is -2.21. The van der Waals surface area contributed by atoms with Crippen LogP contribution < -0.4 is 10.6 Å². The van der Waals surface area contributed by atoms with Crippen LogP contribution in [0.5, 0.6) is 0 Å². The Morgan fingerprint density at radius 3 is 3.05 bits per heavy atom. The summed E-state index contributed by atoms with van der Waals surface area (Å²) in [7, 11) is 0. The molecule has 0 spiro atoms. The maximum Gasteiger partial charge on any atom is 0.132 e. The zero-order valence-corrected chi connectivity index (χ0v) is 13.4. The molecule has 118 valence electrons. The van der Waals surface area contributed by atoms with E-state index in [-0.39, 0.29) is 12.5 Å². The molecule has 2 aromatic heterocycles. The second kappa shape index (κ2) is 7.67. The summed E-state index contributed by atoms with van der Waals surface area (Å²) in [5.41, 5.74) is 2.36. The SMILES string of the molecule is OCC(CNc1ncnc2c1CCNCC2)Cc1cccs1. The highest BCUT2D eigenvalue weighted by Gasteiger charge is 2.15. The van der Waals surface area contributed by atoms with Gasteiger partial charge in [0.2, 0.25) is 0 Å². The molecule has 0 aliphatic carbocycles. The number of nitrogens with zero attached hydrogens (tertiary/aromatic N) is 2. The Bertz CT molecular complexity index is 588. The molecule has 1 aliphatic heterocycles. The van der Waals surface area contributed by atoms with Gasteiger partial charge in [-0.05, 0) is 30.8 Å². The van der Waals surface area contributed by atoms with E-state index in [4.69, 9.17) is 0 Å². The number of aromatic nitrogens is 2. The summed E-state index contributed by atoms with van der Waals surface area (Å²) in [6.07, 6.45) is 4.44. The molecule has 0 amide bonds. The highest BCUT2D eigenvalue weighted by molar-refractivity contribution is 7.09. The van der Waals surface area contributed by atoms with Gasteiger partial charge in [0.15, 0.2) is 0 Å². The monoisotopic (exact) mass is 318 g/mol. The molecule has 0 saturated heterocycles. The minimum Gasteiger partial charge on any atom is -0.396 e. The van der Waals surface area contributed by atoms with Gasteiger partial charge in [-0.3, -0.25) is 0 Å². The summed E-state index contributed by atoms with van der Waals surface area (Å²) in [4.78, 5) is 10.1. The lowest BCUT2D eigenvalue weighted by Gasteiger charge is -2.17. The van der Waals surface area contributed by atoms with Gasteiger partial charge < -0.3 is 15.7 Å². The molecule has 6 heteroatoms. The van der Waals surface area contributed by atoms with Gasteiger partial charge in [-0.1, -0.05) is 6.07 Å². The van der Waals surface area contributed by atoms with E-state index in [1.165, 1.54) is 10.4 Å². The number of aliphatic hydroxyl groups is 1. The summed E-state index contributed by atoms with van der Waals surface area (Å²) >= 11 is 1.74. The second-order valence-electron chi connectivity index (χ2n) is 5.61. The number of fused-ring (bicyclic) bond motifs is 1. The van der Waals surface area contributed by atoms with Gasteiger partial charge in [0.25, 0.3) is 0 Å². The van der Waals surface area contributed by atoms with Gasteiger partial charge in [0.05, 0.1) is 5.69 Å². The van der Waals surface area contributed by atoms with E-state index in [9.17, 15) is 5.11 Å². The largest absolute Gasteiger partial charge is 0.396 e. The van der Waals surface area contributed by atoms with Gasteiger partial charge in [-0.15, -0.1) is 11.3 Å². The lowest BCUT2D eigenvalue weighted by molar-refractivity contribution is 0.233. The standard InChI is InChI=1S/C16H22N4OS/c21-10-12(8-13-2-1-7-22-13)9-18-16-14-3-5-17-6-4-15(14)19-11-20-16/h1-2,7,11-12,17,21H,3-6,8-10H2,(H,18,19,20). The molecule has 0 radical (unpaired) electrons. The van der Waals surface area contributed by atoms with Crippen LogP contribution in [0.1, 0.15) is 16.1 Å². The van der Waals surface area contributed by atoms with Crippen molar-refractivity contribution in [3.8, 4) is 0 Å². The van der Waals surface area contributed by atoms with Crippen LogP contribution >= 0.6 is 11.3 Å². The van der Waals surface area contributed by atoms with Crippen LogP contribution in [0.15, 0.2) is 23.8 Å². The quantitative estimate of drug-likeness (QED) is 0.753. The van der Waals surface area contributed by atoms with Crippen molar-refractivity contribution >= 4 is 17.2 Å². The number of hydrogen-bond donors (Lipinski definition) is 3. The van der Waals surface area contributed by atoms with Crippen molar-refractivity contribution in [2.75, 3.05) is 31.6 Å². The first-order valence-corrected chi connectivity index (χ1v) is 8.65. The topological polar surface area (TPSA) is 70.1 Å². The lowest BCUT2D eigenvalue weighted by atomic mass is 10.1. The number of aliphatic hydroxyl groups excluding tert-OH is 1. The molecule has 2 aromatic rings. The van der Waals surface area contributed by atoms with Crippen molar-refractivity contribution in [2.45, 2.75) is 19.3 Å². The Morgan fingerprint density at radius 2 is 2.23 bits per heavy atom. The third-order valence-corrected chi connectivity index (χ3v) is 4.91. The Labute approximate surface area is 134 Å². The summed E-state index contributed by atoms with van der Waals surface area (Å²) in [6, 6.07) is 4.18. The smallest absolute Gasteiger partial charge is 0.132 e. The fourth-order valence-corrected chi connectivity index (χ4v) is 3.60. The van der Waals surface area contributed by atoms with Crippen molar-refractivity contribution in [3.05, 3.63) is 40.0 Å². The number of anilines is 1. The number of rotatable bonds is 6. The van der Waals surface area contributed by atoms with E-state index >= 15 is 0 Å². The van der Waals surface area contributed by atoms with Crippen LogP contribution in [0.4, 0.5) is 5.82 Å². The number of nitrogens with one attached hydrogen (secondary N) is 2. The molecule has 1 atom stereocenters. The molecular weight excluding hydrogens is 296 g/mol. The van der Waals surface area contributed by atoms with E-state index in [0.717, 1.165) is 50.4 Å². The highest BCUT2D eigenvalue weighted by atomic mass is 32.1. The predicted molar refractivity (Wildman–Crippen MR) is 89.4 cm³/mol. The molecule has 0 saturated carbocycles. The first-order valence-electron chi connectivity index (χ1n) is 7.77. The Balaban J connectivity index is 1.65. The molecule has 3 rings (SSSR count). The van der Waals surface area contributed by atoms with Crippen LogP contribution in [0.3, 0.4) is 0 Å². The van der Waals surface area contributed by atoms with E-state index in [1.54, 1.807) is 17.7 Å².